The Labute approximate surface area is 544 Å². The van der Waals surface area contributed by atoms with Crippen molar-refractivity contribution in [3.05, 3.63) is 59.7 Å². The first-order chi connectivity index (χ1) is 43.6. The zero-order chi connectivity index (χ0) is 70.4. The number of primary amides is 3. The Kier molecular flexibility index (Phi) is 34.2. The maximum Gasteiger partial charge on any atom is 0.326 e. The molecule has 0 unspecified atom stereocenters. The van der Waals surface area contributed by atoms with Crippen LogP contribution in [-0.2, 0) is 84.8 Å². The second-order valence-electron chi connectivity index (χ2n) is 22.4. The van der Waals surface area contributed by atoms with Crippen LogP contribution in [0.5, 0.6) is 11.5 Å². The van der Waals surface area contributed by atoms with Gasteiger partial charge in [-0.15, -0.1) is 0 Å². The molecule has 23 N–H and O–H groups in total. The quantitative estimate of drug-likeness (QED) is 0.0275. The number of aliphatic hydroxyl groups is 1. The normalized spacial score (nSPS) is 14.6. The van der Waals surface area contributed by atoms with Gasteiger partial charge in [-0.1, -0.05) is 52.0 Å². The van der Waals surface area contributed by atoms with Crippen LogP contribution in [0.4, 0.5) is 0 Å². The summed E-state index contributed by atoms with van der Waals surface area (Å²) in [7, 11) is 0. The molecular weight excluding hydrogens is 1260 g/mol. The third-order valence-electron chi connectivity index (χ3n) is 13.5. The maximum atomic E-state index is 14.5. The van der Waals surface area contributed by atoms with Crippen LogP contribution in [0.1, 0.15) is 90.2 Å². The van der Waals surface area contributed by atoms with Crippen molar-refractivity contribution in [2.24, 2.45) is 34.8 Å². The molecule has 2 aromatic rings. The zero-order valence-corrected chi connectivity index (χ0v) is 53.2. The molecule has 34 nitrogen and oxygen atoms in total. The number of aromatic hydroxyl groups is 2. The highest BCUT2D eigenvalue weighted by atomic mass is 32.1. The lowest BCUT2D eigenvalue weighted by Gasteiger charge is -2.29. The van der Waals surface area contributed by atoms with E-state index in [0.717, 1.165) is 0 Å². The van der Waals surface area contributed by atoms with E-state index in [-0.39, 0.29) is 48.0 Å². The lowest BCUT2D eigenvalue weighted by molar-refractivity contribution is -0.143. The molecule has 0 heterocycles. The van der Waals surface area contributed by atoms with Crippen molar-refractivity contribution in [2.45, 2.75) is 158 Å². The number of rotatable bonds is 42. The minimum absolute atomic E-state index is 0.0614. The molecular formula is C57H84N14O20S2. The van der Waals surface area contributed by atoms with E-state index in [9.17, 15) is 97.5 Å². The number of hydrogen-bond donors (Lipinski definition) is 21. The van der Waals surface area contributed by atoms with Crippen LogP contribution in [0.15, 0.2) is 48.5 Å². The first-order valence-electron chi connectivity index (χ1n) is 29.0. The van der Waals surface area contributed by atoms with Crippen LogP contribution in [0.25, 0.3) is 0 Å². The van der Waals surface area contributed by atoms with E-state index >= 15 is 0 Å². The van der Waals surface area contributed by atoms with Crippen LogP contribution in [0.2, 0.25) is 0 Å². The van der Waals surface area contributed by atoms with E-state index in [2.05, 4.69) is 73.1 Å². The van der Waals surface area contributed by atoms with Crippen molar-refractivity contribution in [1.29, 1.82) is 0 Å². The van der Waals surface area contributed by atoms with Gasteiger partial charge in [-0.2, -0.15) is 25.3 Å². The topological polar surface area (TPSA) is 582 Å². The monoisotopic (exact) mass is 1350 g/mol. The average Bonchev–Trinajstić information content (AvgIpc) is 1.24. The number of phenols is 2. The summed E-state index contributed by atoms with van der Waals surface area (Å²) in [5.41, 5.74) is 22.4. The minimum atomic E-state index is -2.01. The first-order valence-corrected chi connectivity index (χ1v) is 30.3. The van der Waals surface area contributed by atoms with Gasteiger partial charge in [0.05, 0.1) is 25.5 Å². The third kappa shape index (κ3) is 29.7. The molecule has 0 aliphatic carbocycles. The van der Waals surface area contributed by atoms with E-state index < -0.39 is 218 Å². The molecule has 0 saturated heterocycles. The highest BCUT2D eigenvalue weighted by Gasteiger charge is 2.37. The molecule has 0 radical (unpaired) electrons. The SMILES string of the molecule is CC(C)C[C@H](NC(=O)[C@H](CCC(N)=O)NC(=O)[C@H](Cc1ccc(O)cc1)NC(=O)[C@H](CC(C)C)NC(=O)[C@H](CO)NC(=O)[C@@H](N)CS)C(=O)N[C@@H](CCC(=O)O)C(=O)N[C@@H](CC(N)=O)C(=O)N[C@@H](Cc1ccc(O)cc1)C(=O)N[C@@H](CS)C(=O)N[C@@H](CC(N)=O)C(=O)O. The second-order valence-corrected chi connectivity index (χ2v) is 23.1. The third-order valence-corrected chi connectivity index (χ3v) is 14.3. The largest absolute Gasteiger partial charge is 0.508 e. The van der Waals surface area contributed by atoms with E-state index in [4.69, 9.17) is 22.9 Å². The minimum Gasteiger partial charge on any atom is -0.508 e. The molecule has 11 atom stereocenters. The van der Waals surface area contributed by atoms with Gasteiger partial charge in [0.15, 0.2) is 0 Å². The number of amides is 13. The number of nitrogens with one attached hydrogen (secondary N) is 10. The van der Waals surface area contributed by atoms with Crippen molar-refractivity contribution in [2.75, 3.05) is 18.1 Å². The molecule has 0 bridgehead atoms. The number of nitrogens with two attached hydrogens (primary N) is 4. The van der Waals surface area contributed by atoms with Gasteiger partial charge in [0.2, 0.25) is 76.8 Å². The van der Waals surface area contributed by atoms with Gasteiger partial charge in [0.1, 0.15) is 71.9 Å². The molecule has 0 fully saturated rings. The van der Waals surface area contributed by atoms with Crippen LogP contribution < -0.4 is 76.1 Å². The zero-order valence-electron chi connectivity index (χ0n) is 51.4. The fourth-order valence-corrected chi connectivity index (χ4v) is 9.09. The number of carboxylic acids is 2. The van der Waals surface area contributed by atoms with Gasteiger partial charge in [0, 0.05) is 37.2 Å². The Morgan fingerprint density at radius 1 is 0.398 bits per heavy atom. The van der Waals surface area contributed by atoms with Gasteiger partial charge >= 0.3 is 11.9 Å². The summed E-state index contributed by atoms with van der Waals surface area (Å²) < 4.78 is 0. The standard InChI is InChI=1S/C57H84N14O20S2/c1-26(2)17-35(64-48(81)33(13-15-43(59)75)62-52(85)37(19-28-5-9-30(73)10-6-28)66-51(84)36(18-27(3)4)65-55(88)41(23-72)70-47(80)32(58)24-92)50(83)63-34(14-16-46(78)79)49(82)68-39(21-44(60)76)54(87)67-38(20-29-7-11-31(74)12-8-29)53(86)71-42(25-93)56(89)69-40(57(90)91)22-45(61)77/h5-12,26-27,32-42,72-74,92-93H,13-25,58H2,1-4H3,(H2,59,75)(H2,60,76)(H2,61,77)(H,62,85)(H,63,83)(H,64,81)(H,65,88)(H,66,84)(H,67,87)(H,68,82)(H,69,89)(H,70,80)(H,71,86)(H,78,79)(H,90,91)/t32-,33-,34-,35-,36-,37-,38-,39-,40-,41-,42-/m0/s1. The summed E-state index contributed by atoms with van der Waals surface area (Å²) in [6.07, 6.45) is -5.50. The number of carboxylic acid groups (broad SMARTS) is 2. The number of hydrogen-bond acceptors (Lipinski definition) is 21. The molecule has 2 aromatic carbocycles. The molecule has 0 saturated carbocycles. The molecule has 0 aliphatic rings. The predicted molar refractivity (Wildman–Crippen MR) is 335 cm³/mol. The van der Waals surface area contributed by atoms with E-state index in [0.29, 0.717) is 5.56 Å². The fourth-order valence-electron chi connectivity index (χ4n) is 8.66. The number of carbonyl (C=O) groups is 15. The molecule has 13 amide bonds. The van der Waals surface area contributed by atoms with Crippen molar-refractivity contribution >= 4 is 114 Å². The molecule has 2 rings (SSSR count). The molecule has 0 aromatic heterocycles. The van der Waals surface area contributed by atoms with Crippen molar-refractivity contribution in [1.82, 2.24) is 53.2 Å². The van der Waals surface area contributed by atoms with Crippen LogP contribution >= 0.6 is 25.3 Å². The lowest BCUT2D eigenvalue weighted by atomic mass is 9.99. The molecule has 514 valence electrons. The summed E-state index contributed by atoms with van der Waals surface area (Å²) >= 11 is 8.02. The number of phenolic OH excluding ortho intramolecular Hbond substituents is 2. The Morgan fingerprint density at radius 3 is 1.08 bits per heavy atom. The smallest absolute Gasteiger partial charge is 0.326 e. The van der Waals surface area contributed by atoms with Gasteiger partial charge in [0.25, 0.3) is 0 Å². The van der Waals surface area contributed by atoms with Crippen LogP contribution in [-0.4, -0.2) is 199 Å². The van der Waals surface area contributed by atoms with Gasteiger partial charge in [-0.25, -0.2) is 4.79 Å². The summed E-state index contributed by atoms with van der Waals surface area (Å²) in [5.74, 6) is -19.2. The molecule has 0 spiro atoms. The van der Waals surface area contributed by atoms with Crippen molar-refractivity contribution in [3.63, 3.8) is 0 Å². The van der Waals surface area contributed by atoms with E-state index in [1.165, 1.54) is 48.5 Å². The Hall–Kier alpha value is -9.29. The number of aliphatic carboxylic acids is 2. The average molecular weight is 1350 g/mol. The van der Waals surface area contributed by atoms with Crippen LogP contribution in [0, 0.1) is 11.8 Å². The highest BCUT2D eigenvalue weighted by molar-refractivity contribution is 7.80. The number of thiol groups is 2. The maximum absolute atomic E-state index is 14.5. The highest BCUT2D eigenvalue weighted by Crippen LogP contribution is 2.16. The Balaban J connectivity index is 2.58. The fraction of sp³-hybridized carbons (Fsp3) is 0.526. The van der Waals surface area contributed by atoms with E-state index in [1.807, 2.05) is 5.32 Å². The van der Waals surface area contributed by atoms with Gasteiger partial charge in [-0.3, -0.25) is 67.1 Å². The summed E-state index contributed by atoms with van der Waals surface area (Å²) in [5, 5.41) is 72.6. The molecule has 36 heteroatoms. The first kappa shape index (κ1) is 79.8. The van der Waals surface area contributed by atoms with Crippen molar-refractivity contribution < 1.29 is 97.5 Å². The summed E-state index contributed by atoms with van der Waals surface area (Å²) in [6.45, 7) is 5.73. The predicted octanol–water partition coefficient (Wildman–Crippen LogP) is -6.03. The second kappa shape index (κ2) is 39.9. The summed E-state index contributed by atoms with van der Waals surface area (Å²) in [4.78, 5) is 199. The lowest BCUT2D eigenvalue weighted by Crippen LogP contribution is -2.61. The Bertz CT molecular complexity index is 2980. The molecule has 0 aliphatic heterocycles. The van der Waals surface area contributed by atoms with Gasteiger partial charge in [-0.05, 0) is 72.9 Å². The number of benzene rings is 2. The number of carbonyl (C=O) groups excluding carboxylic acids is 13. The molecule has 93 heavy (non-hydrogen) atoms. The van der Waals surface area contributed by atoms with Crippen molar-refractivity contribution in [3.8, 4) is 11.5 Å². The van der Waals surface area contributed by atoms with Gasteiger partial charge < -0.3 is 102 Å². The van der Waals surface area contributed by atoms with E-state index in [1.54, 1.807) is 27.7 Å². The number of aliphatic hydroxyl groups excluding tert-OH is 1. The van der Waals surface area contributed by atoms with Crippen LogP contribution in [0.3, 0.4) is 0 Å². The summed E-state index contributed by atoms with van der Waals surface area (Å²) in [6, 6.07) is -7.76. The Morgan fingerprint density at radius 2 is 0.710 bits per heavy atom.